The first kappa shape index (κ1) is 13.2. The molecule has 2 saturated heterocycles. The zero-order valence-electron chi connectivity index (χ0n) is 11.3. The summed E-state index contributed by atoms with van der Waals surface area (Å²) in [5, 5.41) is 5.31. The standard InChI is InChI=1S/C13H24N2OS/c1-9-7-10(2)17-12(14-9)15-11-5-6-16-13(3,4)8-11/h9-11H,5-8H2,1-4H3,(H,14,15). The van der Waals surface area contributed by atoms with E-state index in [1.165, 1.54) is 6.42 Å². The molecule has 0 bridgehead atoms. The van der Waals surface area contributed by atoms with E-state index in [4.69, 9.17) is 9.73 Å². The molecular formula is C13H24N2OS. The molecule has 0 aromatic carbocycles. The number of hydrogen-bond acceptors (Lipinski definition) is 3. The highest BCUT2D eigenvalue weighted by atomic mass is 32.2. The minimum Gasteiger partial charge on any atom is -0.375 e. The molecule has 0 aromatic rings. The van der Waals surface area contributed by atoms with Gasteiger partial charge in [0.15, 0.2) is 5.17 Å². The number of thioether (sulfide) groups is 1. The third-order valence-electron chi connectivity index (χ3n) is 3.34. The number of amidine groups is 1. The van der Waals surface area contributed by atoms with Crippen molar-refractivity contribution in [1.29, 1.82) is 0 Å². The molecule has 3 nitrogen and oxygen atoms in total. The van der Waals surface area contributed by atoms with Gasteiger partial charge in [-0.25, -0.2) is 0 Å². The first-order valence-electron chi connectivity index (χ1n) is 6.59. The fraction of sp³-hybridized carbons (Fsp3) is 0.923. The summed E-state index contributed by atoms with van der Waals surface area (Å²) < 4.78 is 5.73. The lowest BCUT2D eigenvalue weighted by atomic mass is 9.94. The normalized spacial score (nSPS) is 40.0. The zero-order valence-corrected chi connectivity index (χ0v) is 12.1. The van der Waals surface area contributed by atoms with Crippen LogP contribution in [-0.2, 0) is 4.74 Å². The molecule has 17 heavy (non-hydrogen) atoms. The second kappa shape index (κ2) is 5.19. The molecule has 98 valence electrons. The van der Waals surface area contributed by atoms with Crippen LogP contribution < -0.4 is 5.32 Å². The van der Waals surface area contributed by atoms with Gasteiger partial charge in [-0.15, -0.1) is 0 Å². The van der Waals surface area contributed by atoms with Gasteiger partial charge in [0.25, 0.3) is 0 Å². The fourth-order valence-electron chi connectivity index (χ4n) is 2.58. The Morgan fingerprint density at radius 3 is 2.82 bits per heavy atom. The van der Waals surface area contributed by atoms with Gasteiger partial charge in [0.05, 0.1) is 11.6 Å². The average molecular weight is 256 g/mol. The largest absolute Gasteiger partial charge is 0.375 e. The Morgan fingerprint density at radius 1 is 1.41 bits per heavy atom. The topological polar surface area (TPSA) is 33.6 Å². The van der Waals surface area contributed by atoms with E-state index in [0.29, 0.717) is 17.3 Å². The molecule has 3 unspecified atom stereocenters. The Balaban J connectivity index is 1.98. The summed E-state index contributed by atoms with van der Waals surface area (Å²) in [5.74, 6) is 0. The van der Waals surface area contributed by atoms with Crippen molar-refractivity contribution in [3.05, 3.63) is 0 Å². The molecule has 0 aromatic heterocycles. The summed E-state index contributed by atoms with van der Waals surface area (Å²) in [4.78, 5) is 4.88. The maximum Gasteiger partial charge on any atom is 0.157 e. The van der Waals surface area contributed by atoms with Gasteiger partial charge in [-0.05, 0) is 40.0 Å². The Labute approximate surface area is 109 Å². The third-order valence-corrected chi connectivity index (χ3v) is 4.38. The van der Waals surface area contributed by atoms with E-state index in [0.717, 1.165) is 24.6 Å². The Bertz CT molecular complexity index is 292. The van der Waals surface area contributed by atoms with Gasteiger partial charge in [-0.1, -0.05) is 18.7 Å². The third kappa shape index (κ3) is 3.88. The maximum absolute atomic E-state index is 5.73. The van der Waals surface area contributed by atoms with E-state index >= 15 is 0 Å². The van der Waals surface area contributed by atoms with Crippen molar-refractivity contribution in [2.24, 2.45) is 4.99 Å². The van der Waals surface area contributed by atoms with Crippen molar-refractivity contribution in [1.82, 2.24) is 5.32 Å². The average Bonchev–Trinajstić information content (AvgIpc) is 2.13. The molecule has 2 aliphatic heterocycles. The number of nitrogens with one attached hydrogen (secondary N) is 1. The van der Waals surface area contributed by atoms with Gasteiger partial charge in [0.1, 0.15) is 0 Å². The number of nitrogens with zero attached hydrogens (tertiary/aromatic N) is 1. The van der Waals surface area contributed by atoms with Crippen molar-refractivity contribution in [3.8, 4) is 0 Å². The monoisotopic (exact) mass is 256 g/mol. The molecule has 4 heteroatoms. The predicted molar refractivity (Wildman–Crippen MR) is 74.8 cm³/mol. The van der Waals surface area contributed by atoms with E-state index in [-0.39, 0.29) is 5.60 Å². The van der Waals surface area contributed by atoms with Gasteiger partial charge in [-0.2, -0.15) is 0 Å². The summed E-state index contributed by atoms with van der Waals surface area (Å²) in [5.41, 5.74) is -0.0104. The van der Waals surface area contributed by atoms with Crippen LogP contribution in [0.1, 0.15) is 47.0 Å². The zero-order chi connectivity index (χ0) is 12.5. The van der Waals surface area contributed by atoms with E-state index in [1.807, 2.05) is 11.8 Å². The minimum absolute atomic E-state index is 0.0104. The lowest BCUT2D eigenvalue weighted by Gasteiger charge is -2.35. The molecule has 1 N–H and O–H groups in total. The van der Waals surface area contributed by atoms with Crippen molar-refractivity contribution in [2.75, 3.05) is 6.61 Å². The second-order valence-electron chi connectivity index (χ2n) is 5.90. The van der Waals surface area contributed by atoms with Crippen LogP contribution in [0.25, 0.3) is 0 Å². The van der Waals surface area contributed by atoms with Crippen LogP contribution in [-0.4, -0.2) is 34.7 Å². The molecule has 2 fully saturated rings. The summed E-state index contributed by atoms with van der Waals surface area (Å²) >= 11 is 1.88. The van der Waals surface area contributed by atoms with Crippen LogP contribution in [0.2, 0.25) is 0 Å². The molecule has 2 rings (SSSR count). The lowest BCUT2D eigenvalue weighted by Crippen LogP contribution is -2.41. The smallest absolute Gasteiger partial charge is 0.157 e. The van der Waals surface area contributed by atoms with Crippen LogP contribution in [0, 0.1) is 0 Å². The van der Waals surface area contributed by atoms with Gasteiger partial charge < -0.3 is 10.1 Å². The molecule has 0 amide bonds. The van der Waals surface area contributed by atoms with Gasteiger partial charge in [0, 0.05) is 17.9 Å². The molecule has 0 aliphatic carbocycles. The predicted octanol–water partition coefficient (Wildman–Crippen LogP) is 2.80. The van der Waals surface area contributed by atoms with Crippen LogP contribution in [0.3, 0.4) is 0 Å². The number of aliphatic imine (C=N–C) groups is 1. The van der Waals surface area contributed by atoms with E-state index in [2.05, 4.69) is 33.0 Å². The molecule has 0 saturated carbocycles. The van der Waals surface area contributed by atoms with Crippen molar-refractivity contribution < 1.29 is 4.74 Å². The Kier molecular flexibility index (Phi) is 4.03. The molecular weight excluding hydrogens is 232 g/mol. The molecule has 0 radical (unpaired) electrons. The number of hydrogen-bond donors (Lipinski definition) is 1. The maximum atomic E-state index is 5.73. The summed E-state index contributed by atoms with van der Waals surface area (Å²) in [6.45, 7) is 9.67. The highest BCUT2D eigenvalue weighted by Crippen LogP contribution is 2.28. The highest BCUT2D eigenvalue weighted by molar-refractivity contribution is 8.14. The summed E-state index contributed by atoms with van der Waals surface area (Å²) in [6, 6.07) is 0.976. The summed E-state index contributed by atoms with van der Waals surface area (Å²) in [6.07, 6.45) is 3.31. The van der Waals surface area contributed by atoms with Crippen LogP contribution in [0.5, 0.6) is 0 Å². The van der Waals surface area contributed by atoms with Crippen LogP contribution >= 0.6 is 11.8 Å². The van der Waals surface area contributed by atoms with Crippen LogP contribution in [0.15, 0.2) is 4.99 Å². The molecule has 2 heterocycles. The van der Waals surface area contributed by atoms with Crippen molar-refractivity contribution in [2.45, 2.75) is 69.9 Å². The fourth-order valence-corrected chi connectivity index (χ4v) is 3.83. The first-order valence-corrected chi connectivity index (χ1v) is 7.47. The van der Waals surface area contributed by atoms with Crippen LogP contribution in [0.4, 0.5) is 0 Å². The van der Waals surface area contributed by atoms with Crippen molar-refractivity contribution >= 4 is 16.9 Å². The Morgan fingerprint density at radius 2 is 2.18 bits per heavy atom. The number of ether oxygens (including phenoxy) is 1. The number of rotatable bonds is 1. The van der Waals surface area contributed by atoms with E-state index < -0.39 is 0 Å². The minimum atomic E-state index is -0.0104. The van der Waals surface area contributed by atoms with Crippen molar-refractivity contribution in [3.63, 3.8) is 0 Å². The van der Waals surface area contributed by atoms with Gasteiger partial charge in [-0.3, -0.25) is 4.99 Å². The molecule has 2 aliphatic rings. The Hall–Kier alpha value is -0.220. The van der Waals surface area contributed by atoms with Gasteiger partial charge >= 0.3 is 0 Å². The SMILES string of the molecule is CC1CC(C)SC(=NC2CCOC(C)(C)C2)N1. The molecule has 3 atom stereocenters. The quantitative estimate of drug-likeness (QED) is 0.783. The second-order valence-corrected chi connectivity index (χ2v) is 7.33. The summed E-state index contributed by atoms with van der Waals surface area (Å²) in [7, 11) is 0. The van der Waals surface area contributed by atoms with E-state index in [9.17, 15) is 0 Å². The first-order chi connectivity index (χ1) is 7.94. The lowest BCUT2D eigenvalue weighted by molar-refractivity contribution is -0.0575. The van der Waals surface area contributed by atoms with E-state index in [1.54, 1.807) is 0 Å². The highest BCUT2D eigenvalue weighted by Gasteiger charge is 2.29. The van der Waals surface area contributed by atoms with Gasteiger partial charge in [0.2, 0.25) is 0 Å². The molecule has 0 spiro atoms.